The van der Waals surface area contributed by atoms with Crippen molar-refractivity contribution in [3.05, 3.63) is 64.2 Å². The van der Waals surface area contributed by atoms with Crippen LogP contribution in [0.25, 0.3) is 0 Å². The summed E-state index contributed by atoms with van der Waals surface area (Å²) in [5.74, 6) is 0.125. The van der Waals surface area contributed by atoms with Crippen molar-refractivity contribution >= 4 is 23.4 Å². The second-order valence-electron chi connectivity index (χ2n) is 7.49. The van der Waals surface area contributed by atoms with Gasteiger partial charge in [0.05, 0.1) is 0 Å². The van der Waals surface area contributed by atoms with Gasteiger partial charge in [0.25, 0.3) is 5.91 Å². The summed E-state index contributed by atoms with van der Waals surface area (Å²) < 4.78 is 5.71. The number of hydrogen-bond donors (Lipinski definition) is 1. The van der Waals surface area contributed by atoms with Crippen molar-refractivity contribution in [3.63, 3.8) is 0 Å². The van der Waals surface area contributed by atoms with Gasteiger partial charge in [0, 0.05) is 17.6 Å². The Morgan fingerprint density at radius 3 is 2.38 bits per heavy atom. The van der Waals surface area contributed by atoms with E-state index in [2.05, 4.69) is 5.32 Å². The molecule has 0 saturated carbocycles. The molecule has 5 nitrogen and oxygen atoms in total. The molecule has 0 radical (unpaired) electrons. The Bertz CT molecular complexity index is 867. The number of nitrogens with one attached hydrogen (secondary N) is 1. The van der Waals surface area contributed by atoms with E-state index in [1.54, 1.807) is 13.0 Å². The van der Waals surface area contributed by atoms with Gasteiger partial charge in [-0.05, 0) is 69.5 Å². The van der Waals surface area contributed by atoms with Gasteiger partial charge in [0.1, 0.15) is 11.8 Å². The molecule has 1 unspecified atom stereocenters. The second kappa shape index (κ2) is 10.3. The number of amides is 2. The molecule has 156 valence electrons. The van der Waals surface area contributed by atoms with Crippen LogP contribution in [0.2, 0.25) is 5.02 Å². The van der Waals surface area contributed by atoms with Crippen LogP contribution >= 0.6 is 11.6 Å². The molecule has 2 aromatic rings. The van der Waals surface area contributed by atoms with Gasteiger partial charge in [0.15, 0.2) is 6.61 Å². The van der Waals surface area contributed by atoms with Gasteiger partial charge in [-0.2, -0.15) is 0 Å². The molecule has 0 aliphatic rings. The minimum absolute atomic E-state index is 0.0194. The van der Waals surface area contributed by atoms with Crippen LogP contribution in [0.15, 0.2) is 42.5 Å². The van der Waals surface area contributed by atoms with Gasteiger partial charge in [-0.25, -0.2) is 0 Å². The van der Waals surface area contributed by atoms with E-state index < -0.39 is 6.04 Å². The molecule has 2 rings (SSSR count). The van der Waals surface area contributed by atoms with Gasteiger partial charge >= 0.3 is 0 Å². The molecule has 0 heterocycles. The summed E-state index contributed by atoms with van der Waals surface area (Å²) in [5.41, 5.74) is 3.02. The van der Waals surface area contributed by atoms with E-state index >= 15 is 0 Å². The van der Waals surface area contributed by atoms with Crippen molar-refractivity contribution in [1.29, 1.82) is 0 Å². The van der Waals surface area contributed by atoms with E-state index in [4.69, 9.17) is 16.3 Å². The molecule has 6 heteroatoms. The van der Waals surface area contributed by atoms with Crippen molar-refractivity contribution in [3.8, 4) is 5.75 Å². The molecule has 29 heavy (non-hydrogen) atoms. The Hall–Kier alpha value is -2.53. The molecule has 2 aromatic carbocycles. The number of rotatable bonds is 8. The number of benzene rings is 2. The van der Waals surface area contributed by atoms with Crippen LogP contribution in [0.3, 0.4) is 0 Å². The summed E-state index contributed by atoms with van der Waals surface area (Å²) in [6.45, 7) is 9.55. The summed E-state index contributed by atoms with van der Waals surface area (Å²) in [5, 5.41) is 3.41. The van der Waals surface area contributed by atoms with Crippen molar-refractivity contribution in [2.75, 3.05) is 6.61 Å². The third-order valence-electron chi connectivity index (χ3n) is 4.74. The van der Waals surface area contributed by atoms with Crippen molar-refractivity contribution in [2.24, 2.45) is 0 Å². The van der Waals surface area contributed by atoms with Crippen LogP contribution in [-0.4, -0.2) is 35.4 Å². The highest BCUT2D eigenvalue weighted by Crippen LogP contribution is 2.20. The Labute approximate surface area is 178 Å². The predicted octanol–water partition coefficient (Wildman–Crippen LogP) is 4.28. The number of nitrogens with zero attached hydrogens (tertiary/aromatic N) is 1. The molecule has 0 fully saturated rings. The first-order valence-corrected chi connectivity index (χ1v) is 10.1. The highest BCUT2D eigenvalue weighted by Gasteiger charge is 2.27. The number of ether oxygens (including phenoxy) is 1. The monoisotopic (exact) mass is 416 g/mol. The zero-order valence-corrected chi connectivity index (χ0v) is 18.4. The SMILES string of the molecule is Cc1ccc(OCC(=O)N(Cc2ccccc2Cl)C(C)C(=O)NC(C)C)cc1C. The van der Waals surface area contributed by atoms with Gasteiger partial charge in [-0.1, -0.05) is 35.9 Å². The maximum atomic E-state index is 13.0. The lowest BCUT2D eigenvalue weighted by molar-refractivity contribution is -0.142. The normalized spacial score (nSPS) is 11.8. The summed E-state index contributed by atoms with van der Waals surface area (Å²) >= 11 is 6.28. The number of hydrogen-bond acceptors (Lipinski definition) is 3. The molecule has 1 atom stereocenters. The van der Waals surface area contributed by atoms with E-state index in [0.717, 1.165) is 16.7 Å². The lowest BCUT2D eigenvalue weighted by atomic mass is 10.1. The van der Waals surface area contributed by atoms with Crippen LogP contribution in [0.4, 0.5) is 0 Å². The number of carbonyl (C=O) groups is 2. The van der Waals surface area contributed by atoms with Crippen LogP contribution < -0.4 is 10.1 Å². The first kappa shape index (κ1) is 22.8. The number of halogens is 1. The second-order valence-corrected chi connectivity index (χ2v) is 7.89. The average Bonchev–Trinajstić information content (AvgIpc) is 2.67. The minimum Gasteiger partial charge on any atom is -0.484 e. The summed E-state index contributed by atoms with van der Waals surface area (Å²) in [4.78, 5) is 27.0. The van der Waals surface area contributed by atoms with Gasteiger partial charge in [-0.3, -0.25) is 9.59 Å². The first-order valence-electron chi connectivity index (χ1n) is 9.72. The largest absolute Gasteiger partial charge is 0.484 e. The van der Waals surface area contributed by atoms with E-state index in [0.29, 0.717) is 10.8 Å². The molecule has 0 spiro atoms. The molecule has 0 aliphatic carbocycles. The summed E-state index contributed by atoms with van der Waals surface area (Å²) in [7, 11) is 0. The molecule has 1 N–H and O–H groups in total. The van der Waals surface area contributed by atoms with Gasteiger partial charge < -0.3 is 15.0 Å². The van der Waals surface area contributed by atoms with Crippen molar-refractivity contribution < 1.29 is 14.3 Å². The van der Waals surface area contributed by atoms with Crippen LogP contribution in [0.1, 0.15) is 37.5 Å². The Morgan fingerprint density at radius 2 is 1.76 bits per heavy atom. The quantitative estimate of drug-likeness (QED) is 0.698. The Balaban J connectivity index is 2.18. The third-order valence-corrected chi connectivity index (χ3v) is 5.11. The van der Waals surface area contributed by atoms with E-state index in [1.807, 2.05) is 64.1 Å². The summed E-state index contributed by atoms with van der Waals surface area (Å²) in [6, 6.07) is 12.3. The summed E-state index contributed by atoms with van der Waals surface area (Å²) in [6.07, 6.45) is 0. The zero-order chi connectivity index (χ0) is 21.6. The van der Waals surface area contributed by atoms with Crippen LogP contribution in [0.5, 0.6) is 5.75 Å². The fraction of sp³-hybridized carbons (Fsp3) is 0.391. The minimum atomic E-state index is -0.662. The van der Waals surface area contributed by atoms with Gasteiger partial charge in [-0.15, -0.1) is 0 Å². The predicted molar refractivity (Wildman–Crippen MR) is 116 cm³/mol. The maximum Gasteiger partial charge on any atom is 0.261 e. The molecule has 0 aromatic heterocycles. The van der Waals surface area contributed by atoms with Crippen molar-refractivity contribution in [2.45, 2.75) is 53.2 Å². The molecule has 0 bridgehead atoms. The Kier molecular flexibility index (Phi) is 8.09. The van der Waals surface area contributed by atoms with E-state index in [1.165, 1.54) is 4.90 Å². The average molecular weight is 417 g/mol. The first-order chi connectivity index (χ1) is 13.7. The number of aryl methyl sites for hydroxylation is 2. The highest BCUT2D eigenvalue weighted by atomic mass is 35.5. The fourth-order valence-corrected chi connectivity index (χ4v) is 3.03. The fourth-order valence-electron chi connectivity index (χ4n) is 2.83. The van der Waals surface area contributed by atoms with Gasteiger partial charge in [0.2, 0.25) is 5.91 Å². The van der Waals surface area contributed by atoms with E-state index in [-0.39, 0.29) is 31.0 Å². The molecule has 0 aliphatic heterocycles. The molecular weight excluding hydrogens is 388 g/mol. The van der Waals surface area contributed by atoms with Crippen LogP contribution in [0, 0.1) is 13.8 Å². The standard InChI is InChI=1S/C23H29ClN2O3/c1-15(2)25-23(28)18(5)26(13-19-8-6-7-9-21(19)24)22(27)14-29-20-11-10-16(3)17(4)12-20/h6-12,15,18H,13-14H2,1-5H3,(H,25,28). The maximum absolute atomic E-state index is 13.0. The molecule has 0 saturated heterocycles. The molecular formula is C23H29ClN2O3. The zero-order valence-electron chi connectivity index (χ0n) is 17.7. The van der Waals surface area contributed by atoms with Crippen molar-refractivity contribution in [1.82, 2.24) is 10.2 Å². The third kappa shape index (κ3) is 6.50. The topological polar surface area (TPSA) is 58.6 Å². The lowest BCUT2D eigenvalue weighted by Gasteiger charge is -2.29. The van der Waals surface area contributed by atoms with E-state index in [9.17, 15) is 9.59 Å². The highest BCUT2D eigenvalue weighted by molar-refractivity contribution is 6.31. The van der Waals surface area contributed by atoms with Crippen LogP contribution in [-0.2, 0) is 16.1 Å². The smallest absolute Gasteiger partial charge is 0.261 e. The number of carbonyl (C=O) groups excluding carboxylic acids is 2. The lowest BCUT2D eigenvalue weighted by Crippen LogP contribution is -2.50. The molecule has 2 amide bonds. The Morgan fingerprint density at radius 1 is 1.07 bits per heavy atom.